The van der Waals surface area contributed by atoms with E-state index in [1.54, 1.807) is 24.3 Å². The number of carboxylic acid groups (broad SMARTS) is 1. The van der Waals surface area contributed by atoms with Gasteiger partial charge in [-0.15, -0.1) is 0 Å². The van der Waals surface area contributed by atoms with Crippen LogP contribution in [0.1, 0.15) is 19.0 Å². The molecule has 2 amide bonds. The molecular formula is C23H23FN4O4. The summed E-state index contributed by atoms with van der Waals surface area (Å²) in [5.74, 6) is -0.870. The summed E-state index contributed by atoms with van der Waals surface area (Å²) in [5.41, 5.74) is 4.00. The number of carboxylic acids is 1. The van der Waals surface area contributed by atoms with E-state index in [0.717, 1.165) is 22.2 Å². The van der Waals surface area contributed by atoms with Crippen LogP contribution in [0.4, 0.5) is 9.18 Å². The Morgan fingerprint density at radius 1 is 1.28 bits per heavy atom. The van der Waals surface area contributed by atoms with Crippen molar-refractivity contribution < 1.29 is 23.8 Å². The number of urea groups is 1. The first-order chi connectivity index (χ1) is 15.4. The van der Waals surface area contributed by atoms with E-state index in [1.165, 1.54) is 19.1 Å². The van der Waals surface area contributed by atoms with Crippen LogP contribution in [0, 0.1) is 5.82 Å². The number of aromatic nitrogens is 2. The highest BCUT2D eigenvalue weighted by atomic mass is 19.1. The molecular weight excluding hydrogens is 415 g/mol. The Hall–Kier alpha value is -3.88. The monoisotopic (exact) mass is 438 g/mol. The van der Waals surface area contributed by atoms with Gasteiger partial charge in [0.15, 0.2) is 0 Å². The number of hydrogen-bond acceptors (Lipinski definition) is 4. The molecule has 3 N–H and O–H groups in total. The van der Waals surface area contributed by atoms with Crippen LogP contribution < -0.4 is 10.1 Å². The van der Waals surface area contributed by atoms with Crippen LogP contribution >= 0.6 is 0 Å². The predicted octanol–water partition coefficient (Wildman–Crippen LogP) is 3.65. The second kappa shape index (κ2) is 8.70. The van der Waals surface area contributed by atoms with Gasteiger partial charge >= 0.3 is 12.0 Å². The van der Waals surface area contributed by atoms with Crippen molar-refractivity contribution in [1.29, 1.82) is 0 Å². The second-order valence-electron chi connectivity index (χ2n) is 7.58. The van der Waals surface area contributed by atoms with Gasteiger partial charge in [0.1, 0.15) is 23.3 Å². The van der Waals surface area contributed by atoms with Gasteiger partial charge in [-0.2, -0.15) is 0 Å². The molecule has 0 saturated carbocycles. The van der Waals surface area contributed by atoms with Gasteiger partial charge in [0.05, 0.1) is 7.11 Å². The summed E-state index contributed by atoms with van der Waals surface area (Å²) in [6, 6.07) is 6.82. The third-order valence-electron chi connectivity index (χ3n) is 5.54. The molecule has 1 aromatic carbocycles. The van der Waals surface area contributed by atoms with Crippen LogP contribution in [0.25, 0.3) is 27.7 Å². The fourth-order valence-electron chi connectivity index (χ4n) is 3.76. The van der Waals surface area contributed by atoms with Crippen molar-refractivity contribution in [3.8, 4) is 16.9 Å². The SMILES string of the molecule is COc1ccc(F)cc1-c1ccnc2[nH]c(C3=CCN(C(=O)NC(C)C(=O)O)CC3)cc12. The molecule has 32 heavy (non-hydrogen) atoms. The number of aromatic amines is 1. The standard InChI is InChI=1S/C23H23FN4O4/c1-13(22(29)30)26-23(31)28-9-6-14(7-10-28)19-12-18-16(5-8-25-21(18)27-19)17-11-15(24)3-4-20(17)32-2/h3-6,8,11-13H,7,9-10H2,1-2H3,(H,25,27)(H,26,31)(H,29,30). The Morgan fingerprint density at radius 2 is 2.09 bits per heavy atom. The number of fused-ring (bicyclic) bond motifs is 1. The molecule has 0 aliphatic carbocycles. The first-order valence-corrected chi connectivity index (χ1v) is 10.2. The molecule has 8 nitrogen and oxygen atoms in total. The number of pyridine rings is 1. The van der Waals surface area contributed by atoms with E-state index < -0.39 is 18.0 Å². The Kier molecular flexibility index (Phi) is 5.81. The van der Waals surface area contributed by atoms with Gasteiger partial charge in [-0.25, -0.2) is 14.2 Å². The van der Waals surface area contributed by atoms with E-state index in [4.69, 9.17) is 9.84 Å². The number of nitrogens with zero attached hydrogens (tertiary/aromatic N) is 2. The summed E-state index contributed by atoms with van der Waals surface area (Å²) in [4.78, 5) is 32.5. The van der Waals surface area contributed by atoms with Gasteiger partial charge in [-0.05, 0) is 54.8 Å². The Labute approximate surface area is 183 Å². The number of halogens is 1. The van der Waals surface area contributed by atoms with Gasteiger partial charge in [-0.3, -0.25) is 4.79 Å². The van der Waals surface area contributed by atoms with Crippen molar-refractivity contribution in [2.45, 2.75) is 19.4 Å². The zero-order chi connectivity index (χ0) is 22.8. The minimum atomic E-state index is -1.08. The van der Waals surface area contributed by atoms with E-state index in [0.29, 0.717) is 36.5 Å². The van der Waals surface area contributed by atoms with Gasteiger partial charge in [-0.1, -0.05) is 6.08 Å². The minimum Gasteiger partial charge on any atom is -0.496 e. The maximum atomic E-state index is 13.9. The average molecular weight is 438 g/mol. The highest BCUT2D eigenvalue weighted by Gasteiger charge is 2.22. The quantitative estimate of drug-likeness (QED) is 0.564. The number of ether oxygens (including phenoxy) is 1. The highest BCUT2D eigenvalue weighted by molar-refractivity contribution is 5.97. The molecule has 0 fully saturated rings. The third kappa shape index (κ3) is 4.14. The van der Waals surface area contributed by atoms with Crippen molar-refractivity contribution in [1.82, 2.24) is 20.2 Å². The summed E-state index contributed by atoms with van der Waals surface area (Å²) in [5, 5.41) is 12.3. The van der Waals surface area contributed by atoms with Crippen molar-refractivity contribution in [2.75, 3.05) is 20.2 Å². The number of carbonyl (C=O) groups excluding carboxylic acids is 1. The molecule has 9 heteroatoms. The molecule has 2 aromatic heterocycles. The zero-order valence-corrected chi connectivity index (χ0v) is 17.7. The largest absolute Gasteiger partial charge is 0.496 e. The molecule has 1 atom stereocenters. The lowest BCUT2D eigenvalue weighted by atomic mass is 10.0. The topological polar surface area (TPSA) is 108 Å². The van der Waals surface area contributed by atoms with E-state index in [1.807, 2.05) is 18.2 Å². The third-order valence-corrected chi connectivity index (χ3v) is 5.54. The van der Waals surface area contributed by atoms with Crippen molar-refractivity contribution in [3.05, 3.63) is 54.1 Å². The van der Waals surface area contributed by atoms with Crippen LogP contribution in [0.2, 0.25) is 0 Å². The molecule has 3 aromatic rings. The molecule has 3 heterocycles. The maximum Gasteiger partial charge on any atom is 0.325 e. The molecule has 1 aliphatic rings. The summed E-state index contributed by atoms with van der Waals surface area (Å²) < 4.78 is 19.3. The highest BCUT2D eigenvalue weighted by Crippen LogP contribution is 2.36. The summed E-state index contributed by atoms with van der Waals surface area (Å²) >= 11 is 0. The normalized spacial score (nSPS) is 14.7. The molecule has 0 spiro atoms. The number of hydrogen-bond donors (Lipinski definition) is 3. The number of carbonyl (C=O) groups is 2. The number of amides is 2. The number of H-pyrrole nitrogens is 1. The lowest BCUT2D eigenvalue weighted by molar-refractivity contribution is -0.138. The van der Waals surface area contributed by atoms with Gasteiger partial charge in [0, 0.05) is 35.9 Å². The lowest BCUT2D eigenvalue weighted by Gasteiger charge is -2.27. The predicted molar refractivity (Wildman–Crippen MR) is 118 cm³/mol. The second-order valence-corrected chi connectivity index (χ2v) is 7.58. The molecule has 0 radical (unpaired) electrons. The van der Waals surface area contributed by atoms with Gasteiger partial charge in [0.2, 0.25) is 0 Å². The van der Waals surface area contributed by atoms with Crippen LogP contribution in [-0.2, 0) is 4.79 Å². The van der Waals surface area contributed by atoms with Crippen molar-refractivity contribution in [2.24, 2.45) is 0 Å². The number of benzene rings is 1. The first kappa shape index (κ1) is 21.4. The average Bonchev–Trinajstić information content (AvgIpc) is 3.23. The van der Waals surface area contributed by atoms with E-state index >= 15 is 0 Å². The lowest BCUT2D eigenvalue weighted by Crippen LogP contribution is -2.47. The fourth-order valence-corrected chi connectivity index (χ4v) is 3.76. The Bertz CT molecular complexity index is 1220. The number of rotatable bonds is 5. The van der Waals surface area contributed by atoms with Crippen LogP contribution in [0.3, 0.4) is 0 Å². The van der Waals surface area contributed by atoms with Gasteiger partial charge < -0.3 is 25.0 Å². The first-order valence-electron chi connectivity index (χ1n) is 10.2. The van der Waals surface area contributed by atoms with Crippen LogP contribution in [0.15, 0.2) is 42.6 Å². The molecule has 1 aliphatic heterocycles. The van der Waals surface area contributed by atoms with E-state index in [-0.39, 0.29) is 5.82 Å². The zero-order valence-electron chi connectivity index (χ0n) is 17.7. The minimum absolute atomic E-state index is 0.355. The summed E-state index contributed by atoms with van der Waals surface area (Å²) in [6.45, 7) is 2.24. The Morgan fingerprint density at radius 3 is 2.78 bits per heavy atom. The molecule has 0 saturated heterocycles. The fraction of sp³-hybridized carbons (Fsp3) is 0.261. The molecule has 0 bridgehead atoms. The Balaban J connectivity index is 1.60. The van der Waals surface area contributed by atoms with Gasteiger partial charge in [0.25, 0.3) is 0 Å². The van der Waals surface area contributed by atoms with E-state index in [2.05, 4.69) is 15.3 Å². The van der Waals surface area contributed by atoms with Crippen molar-refractivity contribution in [3.63, 3.8) is 0 Å². The maximum absolute atomic E-state index is 13.9. The molecule has 166 valence electrons. The molecule has 1 unspecified atom stereocenters. The number of aliphatic carboxylic acids is 1. The summed E-state index contributed by atoms with van der Waals surface area (Å²) in [6.07, 6.45) is 4.19. The smallest absolute Gasteiger partial charge is 0.325 e. The van der Waals surface area contributed by atoms with E-state index in [9.17, 15) is 14.0 Å². The van der Waals surface area contributed by atoms with Crippen LogP contribution in [-0.4, -0.2) is 58.2 Å². The number of methoxy groups -OCH3 is 1. The summed E-state index contributed by atoms with van der Waals surface area (Å²) in [7, 11) is 1.55. The number of nitrogens with one attached hydrogen (secondary N) is 2. The van der Waals surface area contributed by atoms with Crippen LogP contribution in [0.5, 0.6) is 5.75 Å². The molecule has 4 rings (SSSR count). The van der Waals surface area contributed by atoms with Crippen molar-refractivity contribution >= 4 is 28.6 Å².